The minimum absolute atomic E-state index is 0.0468. The van der Waals surface area contributed by atoms with Crippen LogP contribution in [0, 0.1) is 0 Å². The molecule has 52 heavy (non-hydrogen) atoms. The Balaban J connectivity index is 4.64. The molecule has 0 aliphatic carbocycles. The lowest BCUT2D eigenvalue weighted by atomic mass is 10.0. The summed E-state index contributed by atoms with van der Waals surface area (Å²) in [5, 5.41) is 23.5. The Hall–Kier alpha value is -2.44. The van der Waals surface area contributed by atoms with Crippen LogP contribution in [0.3, 0.4) is 0 Å². The highest BCUT2D eigenvalue weighted by Gasteiger charge is 2.23. The largest absolute Gasteiger partial charge is 0.462 e. The molecule has 6 heteroatoms. The lowest BCUT2D eigenvalue weighted by Gasteiger charge is -2.24. The number of hydrogen-bond acceptors (Lipinski definition) is 5. The third kappa shape index (κ3) is 34.6. The highest BCUT2D eigenvalue weighted by molar-refractivity contribution is 5.77. The van der Waals surface area contributed by atoms with Gasteiger partial charge in [-0.15, -0.1) is 0 Å². The molecule has 0 rings (SSSR count). The monoisotopic (exact) mass is 728 g/mol. The first kappa shape index (κ1) is 49.6. The summed E-state index contributed by atoms with van der Waals surface area (Å²) in [6.45, 7) is 6.28. The van der Waals surface area contributed by atoms with E-state index in [0.717, 1.165) is 70.6 Å². The summed E-state index contributed by atoms with van der Waals surface area (Å²) >= 11 is 0. The van der Waals surface area contributed by atoms with Gasteiger partial charge in [-0.1, -0.05) is 184 Å². The molecule has 1 amide bonds. The Morgan fingerprint density at radius 2 is 1.00 bits per heavy atom. The van der Waals surface area contributed by atoms with Gasteiger partial charge in [0.25, 0.3) is 0 Å². The number of hydrogen-bond donors (Lipinski definition) is 3. The number of ether oxygens (including phenoxy) is 1. The average molecular weight is 728 g/mol. The number of carbonyl (C=O) groups excluding carboxylic acids is 2. The Morgan fingerprint density at radius 1 is 0.577 bits per heavy atom. The molecular weight excluding hydrogens is 647 g/mol. The normalized spacial score (nSPS) is 14.0. The minimum atomic E-state index is -0.796. The molecule has 0 aliphatic rings. The summed E-state index contributed by atoms with van der Waals surface area (Å²) in [5.41, 5.74) is 0. The Morgan fingerprint density at radius 3 is 1.46 bits per heavy atom. The van der Waals surface area contributed by atoms with E-state index >= 15 is 0 Å². The van der Waals surface area contributed by atoms with Crippen LogP contribution >= 0.6 is 0 Å². The number of carbonyl (C=O) groups is 2. The maximum absolute atomic E-state index is 13.0. The molecule has 0 spiro atoms. The summed E-state index contributed by atoms with van der Waals surface area (Å²) in [5.74, 6) is -0.581. The summed E-state index contributed by atoms with van der Waals surface area (Å²) in [4.78, 5) is 25.8. The first-order chi connectivity index (χ1) is 25.5. The molecule has 6 nitrogen and oxygen atoms in total. The van der Waals surface area contributed by atoms with Crippen molar-refractivity contribution in [1.82, 2.24) is 5.32 Å². The van der Waals surface area contributed by atoms with Gasteiger partial charge in [0.15, 0.2) is 0 Å². The van der Waals surface area contributed by atoms with E-state index in [-0.39, 0.29) is 31.3 Å². The molecule has 3 unspecified atom stereocenters. The first-order valence-electron chi connectivity index (χ1n) is 21.5. The number of amides is 1. The zero-order valence-electron chi connectivity index (χ0n) is 33.9. The number of allylic oxidation sites excluding steroid dienone is 10. The number of esters is 1. The van der Waals surface area contributed by atoms with E-state index in [1.165, 1.54) is 70.6 Å². The quantitative estimate of drug-likeness (QED) is 0.0336. The van der Waals surface area contributed by atoms with Gasteiger partial charge < -0.3 is 20.3 Å². The van der Waals surface area contributed by atoms with Crippen molar-refractivity contribution in [2.24, 2.45) is 0 Å². The fourth-order valence-electron chi connectivity index (χ4n) is 6.12. The van der Waals surface area contributed by atoms with Crippen LogP contribution in [-0.4, -0.2) is 46.9 Å². The highest BCUT2D eigenvalue weighted by atomic mass is 16.5. The molecule has 0 saturated carbocycles. The molecular formula is C46H81NO5. The lowest BCUT2D eigenvalue weighted by Crippen LogP contribution is -2.46. The molecule has 0 fully saturated rings. The van der Waals surface area contributed by atoms with E-state index in [1.807, 2.05) is 6.08 Å². The molecule has 0 radical (unpaired) electrons. The Bertz CT molecular complexity index is 952. The highest BCUT2D eigenvalue weighted by Crippen LogP contribution is 2.16. The summed E-state index contributed by atoms with van der Waals surface area (Å²) in [6.07, 6.45) is 47.2. The van der Waals surface area contributed by atoms with Gasteiger partial charge in [-0.25, -0.2) is 0 Å². The molecule has 300 valence electrons. The fraction of sp³-hybridized carbons (Fsp3) is 0.739. The predicted molar refractivity (Wildman–Crippen MR) is 222 cm³/mol. The van der Waals surface area contributed by atoms with Crippen LogP contribution in [0.4, 0.5) is 0 Å². The third-order valence-corrected chi connectivity index (χ3v) is 9.37. The van der Waals surface area contributed by atoms with E-state index in [9.17, 15) is 19.8 Å². The van der Waals surface area contributed by atoms with Gasteiger partial charge in [0.2, 0.25) is 5.91 Å². The molecule has 3 N–H and O–H groups in total. The maximum atomic E-state index is 13.0. The second kappa shape index (κ2) is 39.8. The van der Waals surface area contributed by atoms with Crippen molar-refractivity contribution in [2.75, 3.05) is 6.61 Å². The molecule has 0 saturated heterocycles. The summed E-state index contributed by atoms with van der Waals surface area (Å²) in [6, 6.07) is -0.712. The fourth-order valence-corrected chi connectivity index (χ4v) is 6.12. The van der Waals surface area contributed by atoms with Crippen LogP contribution in [0.2, 0.25) is 0 Å². The second-order valence-corrected chi connectivity index (χ2v) is 14.4. The van der Waals surface area contributed by atoms with E-state index < -0.39 is 18.2 Å². The summed E-state index contributed by atoms with van der Waals surface area (Å²) in [7, 11) is 0. The second-order valence-electron chi connectivity index (χ2n) is 14.4. The van der Waals surface area contributed by atoms with Gasteiger partial charge in [-0.3, -0.25) is 9.59 Å². The van der Waals surface area contributed by atoms with Gasteiger partial charge in [-0.05, 0) is 57.8 Å². The van der Waals surface area contributed by atoms with Crippen molar-refractivity contribution < 1.29 is 24.5 Å². The van der Waals surface area contributed by atoms with Crippen molar-refractivity contribution in [2.45, 2.75) is 212 Å². The van der Waals surface area contributed by atoms with E-state index in [2.05, 4.69) is 80.8 Å². The van der Waals surface area contributed by atoms with Crippen LogP contribution in [0.25, 0.3) is 0 Å². The average Bonchev–Trinajstić information content (AvgIpc) is 3.13. The van der Waals surface area contributed by atoms with Crippen LogP contribution in [0.1, 0.15) is 194 Å². The first-order valence-corrected chi connectivity index (χ1v) is 21.5. The van der Waals surface area contributed by atoms with Crippen LogP contribution in [0.15, 0.2) is 60.8 Å². The number of rotatable bonds is 37. The molecule has 3 atom stereocenters. The molecule has 0 heterocycles. The van der Waals surface area contributed by atoms with Crippen LogP contribution < -0.4 is 5.32 Å². The van der Waals surface area contributed by atoms with E-state index in [1.54, 1.807) is 0 Å². The van der Waals surface area contributed by atoms with Crippen molar-refractivity contribution in [1.29, 1.82) is 0 Å². The van der Waals surface area contributed by atoms with Crippen LogP contribution in [0.5, 0.6) is 0 Å². The minimum Gasteiger partial charge on any atom is -0.462 e. The van der Waals surface area contributed by atoms with Crippen molar-refractivity contribution in [3.63, 3.8) is 0 Å². The van der Waals surface area contributed by atoms with Crippen molar-refractivity contribution in [3.05, 3.63) is 60.8 Å². The zero-order chi connectivity index (χ0) is 38.2. The number of unbranched alkanes of at least 4 members (excludes halogenated alkanes) is 15. The zero-order valence-corrected chi connectivity index (χ0v) is 33.9. The van der Waals surface area contributed by atoms with E-state index in [0.29, 0.717) is 19.3 Å². The van der Waals surface area contributed by atoms with Crippen molar-refractivity contribution >= 4 is 11.9 Å². The van der Waals surface area contributed by atoms with Gasteiger partial charge >= 0.3 is 5.97 Å². The summed E-state index contributed by atoms with van der Waals surface area (Å²) < 4.78 is 5.83. The molecule has 0 aliphatic heterocycles. The van der Waals surface area contributed by atoms with Gasteiger partial charge in [0.05, 0.1) is 25.2 Å². The van der Waals surface area contributed by atoms with Gasteiger partial charge in [0.1, 0.15) is 6.10 Å². The maximum Gasteiger partial charge on any atom is 0.306 e. The SMILES string of the molecule is CC/C=C/C/C=C/C/C=C/C/C=C/C/C=C/CCC(=O)OC(CCCCCCCCCC)CC(=O)NC(CO)C(O)CCCCCCCCCCC. The standard InChI is InChI=1S/C46H81NO5/c1-4-7-10-13-16-19-20-21-22-23-24-25-27-30-33-36-39-46(51)52-42(37-34-31-28-18-15-12-9-6-3)40-45(50)47-43(41-48)44(49)38-35-32-29-26-17-14-11-8-5-2/h7,10,16,19,21-22,24-25,30,33,42-44,48-49H,4-6,8-9,11-15,17-18,20,23,26-29,31-32,34-41H2,1-3H3,(H,47,50)/b10-7+,19-16+,22-21+,25-24+,33-30+. The number of nitrogens with one attached hydrogen (secondary N) is 1. The Kier molecular flexibility index (Phi) is 37.9. The van der Waals surface area contributed by atoms with E-state index in [4.69, 9.17) is 4.74 Å². The van der Waals surface area contributed by atoms with Crippen molar-refractivity contribution in [3.8, 4) is 0 Å². The molecule has 0 aromatic carbocycles. The number of aliphatic hydroxyl groups excluding tert-OH is 2. The third-order valence-electron chi connectivity index (χ3n) is 9.37. The molecule has 0 aromatic rings. The lowest BCUT2D eigenvalue weighted by molar-refractivity contribution is -0.150. The molecule has 0 aromatic heterocycles. The topological polar surface area (TPSA) is 95.9 Å². The predicted octanol–water partition coefficient (Wildman–Crippen LogP) is 12.1. The smallest absolute Gasteiger partial charge is 0.306 e. The van der Waals surface area contributed by atoms with Gasteiger partial charge in [-0.2, -0.15) is 0 Å². The Labute approximate surface area is 320 Å². The molecule has 0 bridgehead atoms. The van der Waals surface area contributed by atoms with Crippen LogP contribution in [-0.2, 0) is 14.3 Å². The van der Waals surface area contributed by atoms with Gasteiger partial charge in [0, 0.05) is 6.42 Å². The number of aliphatic hydroxyl groups is 2.